The normalized spacial score (nSPS) is 34.4. The summed E-state index contributed by atoms with van der Waals surface area (Å²) in [5, 5.41) is 0. The van der Waals surface area contributed by atoms with Gasteiger partial charge in [-0.2, -0.15) is 0 Å². The number of halogens is 1. The van der Waals surface area contributed by atoms with Crippen molar-refractivity contribution in [3.63, 3.8) is 0 Å². The van der Waals surface area contributed by atoms with Crippen molar-refractivity contribution in [2.45, 2.75) is 33.1 Å². The molecule has 1 fully saturated rings. The first kappa shape index (κ1) is 13.2. The molecule has 90 valence electrons. The summed E-state index contributed by atoms with van der Waals surface area (Å²) in [5.41, 5.74) is 1.91. The van der Waals surface area contributed by atoms with E-state index < -0.39 is 0 Å². The fourth-order valence-corrected chi connectivity index (χ4v) is 2.85. The average Bonchev–Trinajstić information content (AvgIpc) is 2.27. The molecule has 0 aromatic rings. The van der Waals surface area contributed by atoms with Gasteiger partial charge in [-0.3, -0.25) is 4.39 Å². The lowest BCUT2D eigenvalue weighted by molar-refractivity contribution is 0.114. The Morgan fingerprint density at radius 3 is 2.38 bits per heavy atom. The Bertz CT molecular complexity index is 303. The Hall–Kier alpha value is -0.850. The summed E-state index contributed by atoms with van der Waals surface area (Å²) in [4.78, 5) is 0. The van der Waals surface area contributed by atoms with Crippen LogP contribution in [-0.2, 0) is 0 Å². The lowest BCUT2D eigenvalue weighted by Crippen LogP contribution is -2.37. The fraction of sp³-hybridized carbons (Fsp3) is 0.600. The Balaban J connectivity index is 2.95. The second-order valence-corrected chi connectivity index (χ2v) is 5.29. The molecule has 0 N–H and O–H groups in total. The molecule has 0 bridgehead atoms. The second kappa shape index (κ2) is 4.99. The number of alkyl halides is 1. The maximum Gasteiger partial charge on any atom is 0.0990 e. The minimum absolute atomic E-state index is 0.213. The van der Waals surface area contributed by atoms with E-state index in [-0.39, 0.29) is 18.0 Å². The predicted molar refractivity (Wildman–Crippen MR) is 69.1 cm³/mol. The fourth-order valence-electron chi connectivity index (χ4n) is 2.85. The Labute approximate surface area is 98.9 Å². The lowest BCUT2D eigenvalue weighted by Gasteiger charge is -2.44. The van der Waals surface area contributed by atoms with Gasteiger partial charge in [0.25, 0.3) is 0 Å². The average molecular weight is 222 g/mol. The largest absolute Gasteiger partial charge is 0.250 e. The zero-order valence-corrected chi connectivity index (χ0v) is 10.6. The quantitative estimate of drug-likeness (QED) is 0.605. The smallest absolute Gasteiger partial charge is 0.0990 e. The highest BCUT2D eigenvalue weighted by atomic mass is 19.1. The molecule has 0 spiro atoms. The highest BCUT2D eigenvalue weighted by molar-refractivity contribution is 5.16. The van der Waals surface area contributed by atoms with Crippen molar-refractivity contribution in [3.8, 4) is 0 Å². The van der Waals surface area contributed by atoms with Gasteiger partial charge < -0.3 is 0 Å². The summed E-state index contributed by atoms with van der Waals surface area (Å²) >= 11 is 0. The van der Waals surface area contributed by atoms with Gasteiger partial charge in [-0.1, -0.05) is 30.4 Å². The third-order valence-electron chi connectivity index (χ3n) is 4.12. The van der Waals surface area contributed by atoms with Gasteiger partial charge in [-0.05, 0) is 44.9 Å². The standard InChI is InChI=1S/C15H23F/c1-6-15(10-16)8-7-13(11(2)3)9-14(15)12(4)5/h6,13-14H,1-2,4,7-10H2,3,5H3/t13-,14+,15-/m0/s1. The summed E-state index contributed by atoms with van der Waals surface area (Å²) < 4.78 is 13.3. The summed E-state index contributed by atoms with van der Waals surface area (Å²) in [7, 11) is 0. The van der Waals surface area contributed by atoms with Crippen LogP contribution in [0.3, 0.4) is 0 Å². The molecule has 1 aliphatic carbocycles. The van der Waals surface area contributed by atoms with Crippen LogP contribution in [0.25, 0.3) is 0 Å². The van der Waals surface area contributed by atoms with E-state index in [0.717, 1.165) is 24.8 Å². The molecule has 1 saturated carbocycles. The Kier molecular flexibility index (Phi) is 4.12. The van der Waals surface area contributed by atoms with Crippen LogP contribution in [0.5, 0.6) is 0 Å². The van der Waals surface area contributed by atoms with E-state index in [9.17, 15) is 4.39 Å². The van der Waals surface area contributed by atoms with E-state index in [2.05, 4.69) is 26.7 Å². The Morgan fingerprint density at radius 1 is 1.38 bits per heavy atom. The van der Waals surface area contributed by atoms with Crippen molar-refractivity contribution in [2.75, 3.05) is 6.67 Å². The van der Waals surface area contributed by atoms with Crippen LogP contribution in [0, 0.1) is 17.3 Å². The minimum atomic E-state index is -0.377. The molecule has 1 aliphatic rings. The van der Waals surface area contributed by atoms with Gasteiger partial charge in [0.15, 0.2) is 0 Å². The molecule has 0 amide bonds. The van der Waals surface area contributed by atoms with Crippen LogP contribution in [-0.4, -0.2) is 6.67 Å². The van der Waals surface area contributed by atoms with Gasteiger partial charge in [0.1, 0.15) is 0 Å². The maximum absolute atomic E-state index is 13.3. The van der Waals surface area contributed by atoms with Crippen LogP contribution < -0.4 is 0 Å². The second-order valence-electron chi connectivity index (χ2n) is 5.29. The van der Waals surface area contributed by atoms with Gasteiger partial charge in [0.2, 0.25) is 0 Å². The van der Waals surface area contributed by atoms with Crippen molar-refractivity contribution in [1.29, 1.82) is 0 Å². The highest BCUT2D eigenvalue weighted by Crippen LogP contribution is 2.49. The van der Waals surface area contributed by atoms with E-state index in [4.69, 9.17) is 0 Å². The molecular weight excluding hydrogens is 199 g/mol. The number of rotatable bonds is 4. The predicted octanol–water partition coefficient (Wildman–Crippen LogP) is 4.70. The Morgan fingerprint density at radius 2 is 2.00 bits per heavy atom. The number of hydrogen-bond acceptors (Lipinski definition) is 0. The van der Waals surface area contributed by atoms with Gasteiger partial charge >= 0.3 is 0 Å². The molecule has 1 heteroatoms. The van der Waals surface area contributed by atoms with Crippen LogP contribution in [0.4, 0.5) is 4.39 Å². The summed E-state index contributed by atoms with van der Waals surface area (Å²) in [5.74, 6) is 0.728. The van der Waals surface area contributed by atoms with E-state index in [1.165, 1.54) is 5.57 Å². The first-order valence-corrected chi connectivity index (χ1v) is 5.97. The zero-order chi connectivity index (χ0) is 12.3. The van der Waals surface area contributed by atoms with Crippen LogP contribution in [0.1, 0.15) is 33.1 Å². The maximum atomic E-state index is 13.3. The number of hydrogen-bond donors (Lipinski definition) is 0. The first-order chi connectivity index (χ1) is 7.46. The summed E-state index contributed by atoms with van der Waals surface area (Å²) in [6.45, 7) is 15.6. The molecule has 1 rings (SSSR count). The van der Waals surface area contributed by atoms with Crippen molar-refractivity contribution >= 4 is 0 Å². The van der Waals surface area contributed by atoms with Gasteiger partial charge in [-0.25, -0.2) is 0 Å². The van der Waals surface area contributed by atoms with Crippen molar-refractivity contribution in [1.82, 2.24) is 0 Å². The van der Waals surface area contributed by atoms with Gasteiger partial charge in [-0.15, -0.1) is 6.58 Å². The van der Waals surface area contributed by atoms with Crippen LogP contribution >= 0.6 is 0 Å². The third-order valence-corrected chi connectivity index (χ3v) is 4.12. The molecule has 0 aromatic heterocycles. The van der Waals surface area contributed by atoms with Crippen molar-refractivity contribution in [2.24, 2.45) is 17.3 Å². The molecule has 0 unspecified atom stereocenters. The van der Waals surface area contributed by atoms with Crippen LogP contribution in [0.2, 0.25) is 0 Å². The zero-order valence-electron chi connectivity index (χ0n) is 10.6. The van der Waals surface area contributed by atoms with E-state index in [1.807, 2.05) is 6.92 Å². The van der Waals surface area contributed by atoms with Crippen molar-refractivity contribution < 1.29 is 4.39 Å². The number of allylic oxidation sites excluding steroid dienone is 3. The van der Waals surface area contributed by atoms with Crippen LogP contribution in [0.15, 0.2) is 37.0 Å². The molecule has 16 heavy (non-hydrogen) atoms. The van der Waals surface area contributed by atoms with E-state index >= 15 is 0 Å². The van der Waals surface area contributed by atoms with Gasteiger partial charge in [0.05, 0.1) is 6.67 Å². The highest BCUT2D eigenvalue weighted by Gasteiger charge is 2.41. The summed E-state index contributed by atoms with van der Waals surface area (Å²) in [6.07, 6.45) is 4.67. The molecular formula is C15H23F. The monoisotopic (exact) mass is 222 g/mol. The molecule has 0 heterocycles. The molecule has 3 atom stereocenters. The molecule has 0 aliphatic heterocycles. The lowest BCUT2D eigenvalue weighted by atomic mass is 9.61. The molecule has 0 nitrogen and oxygen atoms in total. The molecule has 0 aromatic carbocycles. The third kappa shape index (κ3) is 2.28. The summed E-state index contributed by atoms with van der Waals surface area (Å²) in [6, 6.07) is 0. The first-order valence-electron chi connectivity index (χ1n) is 5.97. The molecule has 0 saturated heterocycles. The van der Waals surface area contributed by atoms with E-state index in [1.54, 1.807) is 6.08 Å². The van der Waals surface area contributed by atoms with Gasteiger partial charge in [0, 0.05) is 5.41 Å². The SMILES string of the molecule is C=C[C@@]1(CF)CC[C@H](C(=C)C)C[C@@H]1C(=C)C. The molecule has 0 radical (unpaired) electrons. The van der Waals surface area contributed by atoms with Crippen molar-refractivity contribution in [3.05, 3.63) is 37.0 Å². The minimum Gasteiger partial charge on any atom is -0.250 e. The van der Waals surface area contributed by atoms with E-state index in [0.29, 0.717) is 5.92 Å². The topological polar surface area (TPSA) is 0 Å².